The molecule has 0 unspecified atom stereocenters. The number of likely N-dealkylation sites (N-methyl/N-ethyl adjacent to an activating group) is 1. The predicted molar refractivity (Wildman–Crippen MR) is 103 cm³/mol. The minimum atomic E-state index is -0.522. The SMILES string of the molecule is Cc1ccc(C(=O)N(CCN(C)C)CC(=O)Nc2nccs2)cc1[N+](=O)[O-]. The van der Waals surface area contributed by atoms with Gasteiger partial charge in [-0.25, -0.2) is 4.98 Å². The average Bonchev–Trinajstić information content (AvgIpc) is 3.10. The number of carbonyl (C=O) groups excluding carboxylic acids is 2. The maximum absolute atomic E-state index is 12.9. The van der Waals surface area contributed by atoms with E-state index in [4.69, 9.17) is 0 Å². The lowest BCUT2D eigenvalue weighted by Gasteiger charge is -2.24. The second-order valence-electron chi connectivity index (χ2n) is 6.17. The van der Waals surface area contributed by atoms with Crippen LogP contribution >= 0.6 is 11.3 Å². The van der Waals surface area contributed by atoms with Crippen molar-refractivity contribution in [2.45, 2.75) is 6.92 Å². The minimum Gasteiger partial charge on any atom is -0.328 e. The fraction of sp³-hybridized carbons (Fsp3) is 0.353. The number of nitrogens with one attached hydrogen (secondary N) is 1. The van der Waals surface area contributed by atoms with Crippen LogP contribution in [0.2, 0.25) is 0 Å². The van der Waals surface area contributed by atoms with E-state index in [1.165, 1.54) is 34.4 Å². The molecule has 0 aliphatic rings. The third kappa shape index (κ3) is 5.83. The lowest BCUT2D eigenvalue weighted by Crippen LogP contribution is -2.41. The quantitative estimate of drug-likeness (QED) is 0.545. The van der Waals surface area contributed by atoms with Gasteiger partial charge in [-0.1, -0.05) is 6.07 Å². The zero-order valence-corrected chi connectivity index (χ0v) is 16.2. The lowest BCUT2D eigenvalue weighted by atomic mass is 10.1. The molecule has 0 radical (unpaired) electrons. The van der Waals surface area contributed by atoms with Crippen LogP contribution in [0.5, 0.6) is 0 Å². The normalized spacial score (nSPS) is 10.7. The summed E-state index contributed by atoms with van der Waals surface area (Å²) in [6.45, 7) is 2.29. The Bertz CT molecular complexity index is 823. The van der Waals surface area contributed by atoms with E-state index in [9.17, 15) is 19.7 Å². The van der Waals surface area contributed by atoms with Crippen LogP contribution in [-0.2, 0) is 4.79 Å². The van der Waals surface area contributed by atoms with Crippen molar-refractivity contribution in [3.05, 3.63) is 51.0 Å². The van der Waals surface area contributed by atoms with Crippen molar-refractivity contribution in [1.82, 2.24) is 14.8 Å². The van der Waals surface area contributed by atoms with Gasteiger partial charge in [0.2, 0.25) is 5.91 Å². The number of aromatic nitrogens is 1. The summed E-state index contributed by atoms with van der Waals surface area (Å²) >= 11 is 1.28. The van der Waals surface area contributed by atoms with Crippen molar-refractivity contribution in [3.8, 4) is 0 Å². The second kappa shape index (κ2) is 9.19. The number of hydrogen-bond donors (Lipinski definition) is 1. The molecule has 9 nitrogen and oxygen atoms in total. The predicted octanol–water partition coefficient (Wildman–Crippen LogP) is 2.00. The smallest absolute Gasteiger partial charge is 0.273 e. The van der Waals surface area contributed by atoms with Gasteiger partial charge >= 0.3 is 0 Å². The Morgan fingerprint density at radius 1 is 1.30 bits per heavy atom. The zero-order chi connectivity index (χ0) is 20.0. The van der Waals surface area contributed by atoms with Crippen LogP contribution in [-0.4, -0.2) is 65.3 Å². The van der Waals surface area contributed by atoms with Crippen LogP contribution in [0.1, 0.15) is 15.9 Å². The van der Waals surface area contributed by atoms with Crippen LogP contribution in [0.4, 0.5) is 10.8 Å². The molecule has 1 N–H and O–H groups in total. The summed E-state index contributed by atoms with van der Waals surface area (Å²) in [7, 11) is 3.71. The first-order chi connectivity index (χ1) is 12.8. The molecule has 27 heavy (non-hydrogen) atoms. The van der Waals surface area contributed by atoms with E-state index in [0.29, 0.717) is 23.8 Å². The first-order valence-electron chi connectivity index (χ1n) is 8.16. The summed E-state index contributed by atoms with van der Waals surface area (Å²) in [5, 5.41) is 16.0. The van der Waals surface area contributed by atoms with Crippen LogP contribution in [0.25, 0.3) is 0 Å². The summed E-state index contributed by atoms with van der Waals surface area (Å²) < 4.78 is 0. The molecule has 10 heteroatoms. The first-order valence-corrected chi connectivity index (χ1v) is 9.04. The highest BCUT2D eigenvalue weighted by Gasteiger charge is 2.22. The minimum absolute atomic E-state index is 0.124. The Balaban J connectivity index is 2.19. The molecule has 2 amide bonds. The molecule has 1 aromatic carbocycles. The highest BCUT2D eigenvalue weighted by atomic mass is 32.1. The second-order valence-corrected chi connectivity index (χ2v) is 7.07. The van der Waals surface area contributed by atoms with Gasteiger partial charge in [-0.2, -0.15) is 0 Å². The third-order valence-electron chi connectivity index (χ3n) is 3.77. The van der Waals surface area contributed by atoms with E-state index < -0.39 is 10.8 Å². The number of carbonyl (C=O) groups is 2. The van der Waals surface area contributed by atoms with Gasteiger partial charge in [0.1, 0.15) is 6.54 Å². The summed E-state index contributed by atoms with van der Waals surface area (Å²) in [4.78, 5) is 43.0. The van der Waals surface area contributed by atoms with Crippen molar-refractivity contribution in [2.24, 2.45) is 0 Å². The van der Waals surface area contributed by atoms with E-state index in [1.54, 1.807) is 18.5 Å². The number of rotatable bonds is 8. The number of aryl methyl sites for hydroxylation is 1. The lowest BCUT2D eigenvalue weighted by molar-refractivity contribution is -0.385. The number of amides is 2. The largest absolute Gasteiger partial charge is 0.328 e. The molecule has 0 spiro atoms. The molecule has 0 bridgehead atoms. The molecule has 0 saturated heterocycles. The van der Waals surface area contributed by atoms with Crippen LogP contribution in [0.15, 0.2) is 29.8 Å². The van der Waals surface area contributed by atoms with Gasteiger partial charge in [0.25, 0.3) is 11.6 Å². The zero-order valence-electron chi connectivity index (χ0n) is 15.3. The Kier molecular flexibility index (Phi) is 6.97. The van der Waals surface area contributed by atoms with Crippen molar-refractivity contribution < 1.29 is 14.5 Å². The molecule has 0 fully saturated rings. The first kappa shape index (κ1) is 20.5. The number of nitro groups is 1. The summed E-state index contributed by atoms with van der Waals surface area (Å²) in [6, 6.07) is 4.32. The number of hydrogen-bond acceptors (Lipinski definition) is 7. The van der Waals surface area contributed by atoms with Crippen molar-refractivity contribution in [3.63, 3.8) is 0 Å². The summed E-state index contributed by atoms with van der Waals surface area (Å²) in [6.07, 6.45) is 1.57. The van der Waals surface area contributed by atoms with E-state index in [0.717, 1.165) is 0 Å². The summed E-state index contributed by atoms with van der Waals surface area (Å²) in [5.74, 6) is -0.812. The molecule has 144 valence electrons. The van der Waals surface area contributed by atoms with Gasteiger partial charge in [-0.05, 0) is 27.1 Å². The van der Waals surface area contributed by atoms with Crippen molar-refractivity contribution in [1.29, 1.82) is 0 Å². The molecule has 0 saturated carbocycles. The van der Waals surface area contributed by atoms with Gasteiger partial charge in [-0.3, -0.25) is 19.7 Å². The maximum atomic E-state index is 12.9. The molecule has 0 aliphatic carbocycles. The fourth-order valence-corrected chi connectivity index (χ4v) is 2.86. The molecule has 1 heterocycles. The van der Waals surface area contributed by atoms with E-state index >= 15 is 0 Å². The topological polar surface area (TPSA) is 109 Å². The van der Waals surface area contributed by atoms with Crippen LogP contribution < -0.4 is 5.32 Å². The van der Waals surface area contributed by atoms with Crippen molar-refractivity contribution >= 4 is 34.0 Å². The molecule has 1 aromatic heterocycles. The van der Waals surface area contributed by atoms with E-state index in [-0.39, 0.29) is 23.7 Å². The molecule has 0 atom stereocenters. The van der Waals surface area contributed by atoms with Gasteiger partial charge in [0.15, 0.2) is 5.13 Å². The number of thiazole rings is 1. The Morgan fingerprint density at radius 3 is 2.63 bits per heavy atom. The Hall–Kier alpha value is -2.85. The number of nitrogens with zero attached hydrogens (tertiary/aromatic N) is 4. The number of anilines is 1. The number of benzene rings is 1. The standard InChI is InChI=1S/C17H21N5O4S/c1-12-4-5-13(10-14(12)22(25)26)16(24)21(8-7-20(2)3)11-15(23)19-17-18-6-9-27-17/h4-6,9-10H,7-8,11H2,1-3H3,(H,18,19,23). The third-order valence-corrected chi connectivity index (χ3v) is 4.46. The van der Waals surface area contributed by atoms with E-state index in [2.05, 4.69) is 10.3 Å². The highest BCUT2D eigenvalue weighted by molar-refractivity contribution is 7.13. The van der Waals surface area contributed by atoms with Crippen LogP contribution in [0, 0.1) is 17.0 Å². The molecule has 2 aromatic rings. The fourth-order valence-electron chi connectivity index (χ4n) is 2.31. The van der Waals surface area contributed by atoms with Crippen LogP contribution in [0.3, 0.4) is 0 Å². The molecular weight excluding hydrogens is 370 g/mol. The van der Waals surface area contributed by atoms with E-state index in [1.807, 2.05) is 19.0 Å². The highest BCUT2D eigenvalue weighted by Crippen LogP contribution is 2.20. The Morgan fingerprint density at radius 2 is 2.04 bits per heavy atom. The monoisotopic (exact) mass is 391 g/mol. The van der Waals surface area contributed by atoms with Crippen molar-refractivity contribution in [2.75, 3.05) is 39.0 Å². The van der Waals surface area contributed by atoms with Gasteiger partial charge in [0.05, 0.1) is 4.92 Å². The molecular formula is C17H21N5O4S. The average molecular weight is 391 g/mol. The number of nitro benzene ring substituents is 1. The van der Waals surface area contributed by atoms with Gasteiger partial charge in [-0.15, -0.1) is 11.3 Å². The molecule has 2 rings (SSSR count). The van der Waals surface area contributed by atoms with Gasteiger partial charge < -0.3 is 15.1 Å². The maximum Gasteiger partial charge on any atom is 0.273 e. The molecule has 0 aliphatic heterocycles. The summed E-state index contributed by atoms with van der Waals surface area (Å²) in [5.41, 5.74) is 0.520. The van der Waals surface area contributed by atoms with Gasteiger partial charge in [0, 0.05) is 41.9 Å². The Labute approximate surface area is 160 Å².